The Morgan fingerprint density at radius 1 is 1.05 bits per heavy atom. The van der Waals surface area contributed by atoms with Crippen LogP contribution < -0.4 is 11.1 Å². The maximum atomic E-state index is 13.9. The van der Waals surface area contributed by atoms with E-state index in [1.807, 2.05) is 0 Å². The molecule has 0 unspecified atom stereocenters. The molecule has 4 atom stereocenters. The van der Waals surface area contributed by atoms with E-state index in [1.54, 1.807) is 13.0 Å². The highest BCUT2D eigenvalue weighted by atomic mass is 19.4. The van der Waals surface area contributed by atoms with E-state index in [-0.39, 0.29) is 18.2 Å². The molecule has 41 heavy (non-hydrogen) atoms. The van der Waals surface area contributed by atoms with Gasteiger partial charge in [0.05, 0.1) is 29.3 Å². The normalized spacial score (nSPS) is 24.0. The Bertz CT molecular complexity index is 1300. The predicted octanol–water partition coefficient (Wildman–Crippen LogP) is 6.10. The number of piperidine rings is 1. The van der Waals surface area contributed by atoms with Crippen LogP contribution >= 0.6 is 0 Å². The molecule has 0 bridgehead atoms. The van der Waals surface area contributed by atoms with Crippen LogP contribution in [0.3, 0.4) is 0 Å². The van der Waals surface area contributed by atoms with Gasteiger partial charge in [-0.25, -0.2) is 9.18 Å². The molecule has 3 N–H and O–H groups in total. The molecular formula is C28H31F7N4O2. The van der Waals surface area contributed by atoms with Crippen LogP contribution in [0.15, 0.2) is 36.4 Å². The first-order valence-electron chi connectivity index (χ1n) is 13.1. The second-order valence-corrected chi connectivity index (χ2v) is 11.0. The highest BCUT2D eigenvalue weighted by molar-refractivity contribution is 5.80. The van der Waals surface area contributed by atoms with E-state index in [2.05, 4.69) is 5.32 Å². The Morgan fingerprint density at radius 2 is 1.66 bits per heavy atom. The zero-order valence-corrected chi connectivity index (χ0v) is 22.7. The lowest BCUT2D eigenvalue weighted by molar-refractivity contribution is -0.143. The van der Waals surface area contributed by atoms with E-state index < -0.39 is 64.9 Å². The van der Waals surface area contributed by atoms with Crippen molar-refractivity contribution in [1.29, 1.82) is 0 Å². The van der Waals surface area contributed by atoms with Gasteiger partial charge in [0.1, 0.15) is 5.82 Å². The summed E-state index contributed by atoms with van der Waals surface area (Å²) in [5.74, 6) is -0.971. The lowest BCUT2D eigenvalue weighted by atomic mass is 9.79. The minimum absolute atomic E-state index is 0.0451. The number of alkyl halides is 6. The van der Waals surface area contributed by atoms with Crippen molar-refractivity contribution in [2.24, 2.45) is 5.73 Å². The van der Waals surface area contributed by atoms with Gasteiger partial charge < -0.3 is 20.9 Å². The van der Waals surface area contributed by atoms with Crippen LogP contribution in [0.1, 0.15) is 72.5 Å². The quantitative estimate of drug-likeness (QED) is 0.424. The van der Waals surface area contributed by atoms with Crippen LogP contribution in [0.2, 0.25) is 0 Å². The van der Waals surface area contributed by atoms with Gasteiger partial charge in [0, 0.05) is 19.1 Å². The highest BCUT2D eigenvalue weighted by Crippen LogP contribution is 2.44. The van der Waals surface area contributed by atoms with Gasteiger partial charge >= 0.3 is 18.4 Å². The number of primary amides is 1. The number of nitrogens with two attached hydrogens (primary N) is 1. The topological polar surface area (TPSA) is 78.7 Å². The summed E-state index contributed by atoms with van der Waals surface area (Å²) in [5, 5.41) is 3.30. The van der Waals surface area contributed by atoms with Gasteiger partial charge in [-0.2, -0.15) is 26.3 Å². The van der Waals surface area contributed by atoms with Crippen LogP contribution in [0.25, 0.3) is 0 Å². The molecule has 2 aromatic carbocycles. The van der Waals surface area contributed by atoms with Crippen LogP contribution in [0, 0.1) is 12.7 Å². The van der Waals surface area contributed by atoms with Gasteiger partial charge in [0.15, 0.2) is 0 Å². The van der Waals surface area contributed by atoms with Crippen LogP contribution in [0.4, 0.5) is 35.5 Å². The second-order valence-electron chi connectivity index (χ2n) is 11.0. The number of amides is 3. The van der Waals surface area contributed by atoms with E-state index in [9.17, 15) is 40.3 Å². The molecule has 224 valence electrons. The van der Waals surface area contributed by atoms with E-state index in [0.29, 0.717) is 48.9 Å². The van der Waals surface area contributed by atoms with E-state index in [0.717, 1.165) is 4.90 Å². The number of urea groups is 1. The summed E-state index contributed by atoms with van der Waals surface area (Å²) in [6.07, 6.45) is -8.16. The average molecular weight is 589 g/mol. The summed E-state index contributed by atoms with van der Waals surface area (Å²) < 4.78 is 94.7. The van der Waals surface area contributed by atoms with Gasteiger partial charge in [-0.3, -0.25) is 4.79 Å². The first-order chi connectivity index (χ1) is 18.9. The summed E-state index contributed by atoms with van der Waals surface area (Å²) in [7, 11) is 1.32. The molecule has 0 aliphatic carbocycles. The summed E-state index contributed by atoms with van der Waals surface area (Å²) >= 11 is 0. The number of carbonyl (C=O) groups excluding carboxylic acids is 2. The largest absolute Gasteiger partial charge is 0.416 e. The smallest absolute Gasteiger partial charge is 0.368 e. The fraction of sp³-hybridized carbons (Fsp3) is 0.500. The first kappa shape index (κ1) is 30.6. The molecule has 6 nitrogen and oxygen atoms in total. The summed E-state index contributed by atoms with van der Waals surface area (Å²) in [6, 6.07) is 2.49. The fourth-order valence-electron chi connectivity index (χ4n) is 5.91. The standard InChI is InChI=1S/C28H31F7N4O2/c1-15-10-20(29)4-5-21(15)23-14-26(7-6-22(37-26)24(36)40)8-9-39(23)25(41)38(3)16(2)17-11-18(27(30,31)32)13-19(12-17)28(33,34)35/h4-5,10-13,16,22-23,37H,6-9,14H2,1-3H3,(H2,36,40)/t16-,22-,23+,26-/m0/s1. The maximum Gasteiger partial charge on any atom is 0.416 e. The Labute approximate surface area is 232 Å². The Morgan fingerprint density at radius 3 is 2.17 bits per heavy atom. The van der Waals surface area contributed by atoms with Crippen molar-refractivity contribution in [1.82, 2.24) is 15.1 Å². The summed E-state index contributed by atoms with van der Waals surface area (Å²) in [5.41, 5.74) is 2.91. The van der Waals surface area contributed by atoms with Crippen molar-refractivity contribution in [2.75, 3.05) is 13.6 Å². The molecule has 2 heterocycles. The molecule has 0 radical (unpaired) electrons. The van der Waals surface area contributed by atoms with Crippen molar-refractivity contribution in [3.05, 3.63) is 70.0 Å². The summed E-state index contributed by atoms with van der Waals surface area (Å²) in [4.78, 5) is 28.3. The van der Waals surface area contributed by atoms with Gasteiger partial charge in [-0.15, -0.1) is 0 Å². The van der Waals surface area contributed by atoms with Crippen LogP contribution in [-0.4, -0.2) is 46.9 Å². The number of hydrogen-bond donors (Lipinski definition) is 2. The van der Waals surface area contributed by atoms with Crippen molar-refractivity contribution in [3.8, 4) is 0 Å². The molecule has 2 fully saturated rings. The van der Waals surface area contributed by atoms with Crippen LogP contribution in [0.5, 0.6) is 0 Å². The molecule has 2 saturated heterocycles. The first-order valence-corrected chi connectivity index (χ1v) is 13.1. The number of aryl methyl sites for hydroxylation is 1. The highest BCUT2D eigenvalue weighted by Gasteiger charge is 2.48. The monoisotopic (exact) mass is 588 g/mol. The molecule has 3 amide bonds. The van der Waals surface area contributed by atoms with Gasteiger partial charge in [-0.1, -0.05) is 6.07 Å². The van der Waals surface area contributed by atoms with E-state index >= 15 is 0 Å². The van der Waals surface area contributed by atoms with Crippen molar-refractivity contribution in [2.45, 2.75) is 75.5 Å². The molecule has 4 rings (SSSR count). The van der Waals surface area contributed by atoms with Gasteiger partial charge in [0.2, 0.25) is 5.91 Å². The molecule has 2 aromatic rings. The minimum atomic E-state index is -5.03. The molecule has 1 spiro atoms. The minimum Gasteiger partial charge on any atom is -0.368 e. The van der Waals surface area contributed by atoms with Crippen molar-refractivity contribution >= 4 is 11.9 Å². The SMILES string of the molecule is Cc1cc(F)ccc1[C@H]1C[C@]2(CC[C@@H](C(N)=O)N2)CCN1C(=O)N(C)[C@@H](C)c1cc(C(F)(F)F)cc(C(F)(F)F)c1. The molecule has 0 aromatic heterocycles. The Kier molecular flexibility index (Phi) is 8.07. The number of hydrogen-bond acceptors (Lipinski definition) is 3. The Hall–Kier alpha value is -3.35. The zero-order valence-electron chi connectivity index (χ0n) is 22.7. The summed E-state index contributed by atoms with van der Waals surface area (Å²) in [6.45, 7) is 3.21. The molecule has 2 aliphatic heterocycles. The number of halogens is 7. The lowest BCUT2D eigenvalue weighted by Crippen LogP contribution is -2.57. The number of likely N-dealkylation sites (tertiary alicyclic amines) is 1. The Balaban J connectivity index is 1.68. The number of benzene rings is 2. The zero-order chi connectivity index (χ0) is 30.5. The van der Waals surface area contributed by atoms with Gasteiger partial charge in [0.25, 0.3) is 0 Å². The third-order valence-corrected chi connectivity index (χ3v) is 8.34. The maximum absolute atomic E-state index is 13.9. The van der Waals surface area contributed by atoms with E-state index in [1.165, 1.54) is 31.0 Å². The third-order valence-electron chi connectivity index (χ3n) is 8.34. The van der Waals surface area contributed by atoms with E-state index in [4.69, 9.17) is 5.73 Å². The number of nitrogens with zero attached hydrogens (tertiary/aromatic N) is 2. The number of rotatable bonds is 4. The molecule has 13 heteroatoms. The third kappa shape index (κ3) is 6.29. The number of nitrogens with one attached hydrogen (secondary N) is 1. The molecule has 2 aliphatic rings. The average Bonchev–Trinajstić information content (AvgIpc) is 3.29. The number of carbonyl (C=O) groups is 2. The van der Waals surface area contributed by atoms with Gasteiger partial charge in [-0.05, 0) is 86.6 Å². The second kappa shape index (κ2) is 10.8. The van der Waals surface area contributed by atoms with Crippen molar-refractivity contribution in [3.63, 3.8) is 0 Å². The van der Waals surface area contributed by atoms with Crippen molar-refractivity contribution < 1.29 is 40.3 Å². The van der Waals surface area contributed by atoms with Crippen LogP contribution in [-0.2, 0) is 17.1 Å². The fourth-order valence-corrected chi connectivity index (χ4v) is 5.91. The molecule has 0 saturated carbocycles. The predicted molar refractivity (Wildman–Crippen MR) is 136 cm³/mol. The molecular weight excluding hydrogens is 557 g/mol. The lowest BCUT2D eigenvalue weighted by Gasteiger charge is -2.47.